The maximum atomic E-state index is 13.4. The number of carbonyl (C=O) groups is 1. The summed E-state index contributed by atoms with van der Waals surface area (Å²) in [6.45, 7) is 12.8. The molecule has 0 saturated heterocycles. The molecule has 0 unspecified atom stereocenters. The number of ketones is 1. The molecule has 2 heterocycles. The molecule has 6 heteroatoms. The summed E-state index contributed by atoms with van der Waals surface area (Å²) in [5, 5.41) is 19.7. The standard InChI is InChI=1S/C29H33N3O3/c1-28(2,3)23-13-19(14-24(26(23)34)29(4,5)6)25(33)17-32-16-18-7-8-21(15-22(18)27(32)30)35-20-9-11-31-12-10-20/h7-15,30,34H,16-17H2,1-6H3. The number of ether oxygens (including phenoxy) is 1. The third kappa shape index (κ3) is 5.06. The highest BCUT2D eigenvalue weighted by Crippen LogP contribution is 2.40. The number of phenols is 1. The molecule has 35 heavy (non-hydrogen) atoms. The Kier molecular flexibility index (Phi) is 6.18. The molecular formula is C29H33N3O3. The summed E-state index contributed by atoms with van der Waals surface area (Å²) < 4.78 is 5.89. The molecule has 1 aromatic heterocycles. The number of Topliss-reactive ketones (excluding diaryl/α,β-unsaturated/α-hetero) is 1. The van der Waals surface area contributed by atoms with Crippen molar-refractivity contribution >= 4 is 11.6 Å². The van der Waals surface area contributed by atoms with E-state index in [-0.39, 0.29) is 28.9 Å². The highest BCUT2D eigenvalue weighted by atomic mass is 16.5. The Hall–Kier alpha value is -3.67. The average Bonchev–Trinajstić information content (AvgIpc) is 3.08. The number of hydrogen-bond donors (Lipinski definition) is 2. The second kappa shape index (κ2) is 8.84. The number of hydrogen-bond acceptors (Lipinski definition) is 5. The molecule has 0 spiro atoms. The van der Waals surface area contributed by atoms with Crippen LogP contribution < -0.4 is 4.74 Å². The molecule has 3 aromatic rings. The van der Waals surface area contributed by atoms with E-state index in [1.54, 1.807) is 41.6 Å². The van der Waals surface area contributed by atoms with Gasteiger partial charge in [-0.2, -0.15) is 0 Å². The van der Waals surface area contributed by atoms with Crippen LogP contribution in [0.15, 0.2) is 54.9 Å². The summed E-state index contributed by atoms with van der Waals surface area (Å²) in [5.41, 5.74) is 3.19. The quantitative estimate of drug-likeness (QED) is 0.433. The largest absolute Gasteiger partial charge is 0.507 e. The molecule has 2 aromatic carbocycles. The summed E-state index contributed by atoms with van der Waals surface area (Å²) >= 11 is 0. The summed E-state index contributed by atoms with van der Waals surface area (Å²) in [7, 11) is 0. The van der Waals surface area contributed by atoms with E-state index in [0.29, 0.717) is 29.4 Å². The van der Waals surface area contributed by atoms with Crippen molar-refractivity contribution in [1.82, 2.24) is 9.88 Å². The fourth-order valence-electron chi connectivity index (χ4n) is 4.31. The summed E-state index contributed by atoms with van der Waals surface area (Å²) in [4.78, 5) is 19.2. The molecule has 0 radical (unpaired) electrons. The Labute approximate surface area is 207 Å². The number of nitrogens with one attached hydrogen (secondary N) is 1. The maximum absolute atomic E-state index is 13.4. The van der Waals surface area contributed by atoms with Gasteiger partial charge < -0.3 is 14.7 Å². The van der Waals surface area contributed by atoms with Crippen LogP contribution in [0.1, 0.15) is 74.2 Å². The number of phenolic OH excluding ortho intramolecular Hbond substituents is 1. The van der Waals surface area contributed by atoms with Crippen LogP contribution in [0, 0.1) is 5.41 Å². The lowest BCUT2D eigenvalue weighted by Gasteiger charge is -2.28. The van der Waals surface area contributed by atoms with Crippen molar-refractivity contribution in [2.75, 3.05) is 6.54 Å². The molecule has 0 aliphatic carbocycles. The minimum absolute atomic E-state index is 0.0770. The lowest BCUT2D eigenvalue weighted by atomic mass is 9.78. The van der Waals surface area contributed by atoms with Gasteiger partial charge in [0.25, 0.3) is 0 Å². The third-order valence-electron chi connectivity index (χ3n) is 6.28. The van der Waals surface area contributed by atoms with E-state index in [4.69, 9.17) is 10.1 Å². The predicted molar refractivity (Wildman–Crippen MR) is 138 cm³/mol. The number of aromatic nitrogens is 1. The molecule has 1 aliphatic heterocycles. The zero-order chi connectivity index (χ0) is 25.5. The van der Waals surface area contributed by atoms with Crippen LogP contribution in [-0.4, -0.2) is 33.2 Å². The first-order valence-electron chi connectivity index (χ1n) is 11.8. The van der Waals surface area contributed by atoms with Crippen molar-refractivity contribution in [2.45, 2.75) is 58.9 Å². The number of aromatic hydroxyl groups is 1. The number of rotatable bonds is 5. The van der Waals surface area contributed by atoms with Gasteiger partial charge in [0.15, 0.2) is 5.78 Å². The lowest BCUT2D eigenvalue weighted by Crippen LogP contribution is -2.30. The maximum Gasteiger partial charge on any atom is 0.182 e. The van der Waals surface area contributed by atoms with E-state index in [9.17, 15) is 9.90 Å². The number of fused-ring (bicyclic) bond motifs is 1. The number of nitrogens with zero attached hydrogens (tertiary/aromatic N) is 2. The SMILES string of the molecule is CC(C)(C)c1cc(C(=O)CN2Cc3ccc(Oc4ccncc4)cc3C2=N)cc(C(C)(C)C)c1O. The van der Waals surface area contributed by atoms with Gasteiger partial charge in [-0.05, 0) is 52.8 Å². The van der Waals surface area contributed by atoms with Crippen LogP contribution in [0.5, 0.6) is 17.2 Å². The van der Waals surface area contributed by atoms with Crippen molar-refractivity contribution in [2.24, 2.45) is 0 Å². The fourth-order valence-corrected chi connectivity index (χ4v) is 4.31. The summed E-state index contributed by atoms with van der Waals surface area (Å²) in [6.07, 6.45) is 3.33. The molecule has 1 aliphatic rings. The van der Waals surface area contributed by atoms with Crippen molar-refractivity contribution < 1.29 is 14.6 Å². The molecule has 0 saturated carbocycles. The minimum Gasteiger partial charge on any atom is -0.507 e. The molecule has 0 bridgehead atoms. The molecule has 0 fully saturated rings. The van der Waals surface area contributed by atoms with Crippen molar-refractivity contribution in [3.8, 4) is 17.2 Å². The zero-order valence-corrected chi connectivity index (χ0v) is 21.3. The van der Waals surface area contributed by atoms with Crippen LogP contribution in [0.4, 0.5) is 0 Å². The van der Waals surface area contributed by atoms with Gasteiger partial charge in [-0.25, -0.2) is 0 Å². The minimum atomic E-state index is -0.317. The molecule has 0 atom stereocenters. The third-order valence-corrected chi connectivity index (χ3v) is 6.28. The molecule has 2 N–H and O–H groups in total. The fraction of sp³-hybridized carbons (Fsp3) is 0.345. The summed E-state index contributed by atoms with van der Waals surface area (Å²) in [6, 6.07) is 12.8. The van der Waals surface area contributed by atoms with Gasteiger partial charge in [0.05, 0.1) is 6.54 Å². The Bertz CT molecular complexity index is 1250. The molecule has 182 valence electrons. The second-order valence-electron chi connectivity index (χ2n) is 11.2. The van der Waals surface area contributed by atoms with Crippen LogP contribution in [0.2, 0.25) is 0 Å². The monoisotopic (exact) mass is 471 g/mol. The van der Waals surface area contributed by atoms with Gasteiger partial charge >= 0.3 is 0 Å². The normalized spacial score (nSPS) is 13.7. The molecule has 4 rings (SSSR count). The predicted octanol–water partition coefficient (Wildman–Crippen LogP) is 6.20. The second-order valence-corrected chi connectivity index (χ2v) is 11.2. The average molecular weight is 472 g/mol. The molecule has 6 nitrogen and oxygen atoms in total. The zero-order valence-electron chi connectivity index (χ0n) is 21.3. The van der Waals surface area contributed by atoms with Crippen molar-refractivity contribution in [3.63, 3.8) is 0 Å². The van der Waals surface area contributed by atoms with Crippen LogP contribution in [0.25, 0.3) is 0 Å². The van der Waals surface area contributed by atoms with Crippen LogP contribution in [0.3, 0.4) is 0 Å². The van der Waals surface area contributed by atoms with Crippen molar-refractivity contribution in [3.05, 3.63) is 82.7 Å². The Morgan fingerprint density at radius 3 is 2.14 bits per heavy atom. The Morgan fingerprint density at radius 2 is 1.57 bits per heavy atom. The Balaban J connectivity index is 1.57. The first-order chi connectivity index (χ1) is 16.3. The molecular weight excluding hydrogens is 438 g/mol. The highest BCUT2D eigenvalue weighted by molar-refractivity contribution is 6.05. The smallest absolute Gasteiger partial charge is 0.182 e. The van der Waals surface area contributed by atoms with Crippen LogP contribution in [-0.2, 0) is 17.4 Å². The van der Waals surface area contributed by atoms with Crippen molar-refractivity contribution in [1.29, 1.82) is 5.41 Å². The Morgan fingerprint density at radius 1 is 0.971 bits per heavy atom. The lowest BCUT2D eigenvalue weighted by molar-refractivity contribution is 0.0962. The van der Waals surface area contributed by atoms with Gasteiger partial charge in [0.2, 0.25) is 0 Å². The van der Waals surface area contributed by atoms with E-state index in [1.807, 2.05) is 59.7 Å². The van der Waals surface area contributed by atoms with Crippen LogP contribution >= 0.6 is 0 Å². The number of pyridine rings is 1. The van der Waals surface area contributed by atoms with Gasteiger partial charge in [0, 0.05) is 41.2 Å². The van der Waals surface area contributed by atoms with Gasteiger partial charge in [0.1, 0.15) is 23.1 Å². The van der Waals surface area contributed by atoms with E-state index in [0.717, 1.165) is 22.3 Å². The highest BCUT2D eigenvalue weighted by Gasteiger charge is 2.30. The van der Waals surface area contributed by atoms with E-state index in [2.05, 4.69) is 4.98 Å². The van der Waals surface area contributed by atoms with Gasteiger partial charge in [-0.3, -0.25) is 15.2 Å². The van der Waals surface area contributed by atoms with E-state index in [1.165, 1.54) is 0 Å². The molecule has 0 amide bonds. The number of benzene rings is 2. The van der Waals surface area contributed by atoms with E-state index < -0.39 is 0 Å². The first kappa shape index (κ1) is 24.5. The van der Waals surface area contributed by atoms with E-state index >= 15 is 0 Å². The number of amidine groups is 1. The first-order valence-corrected chi connectivity index (χ1v) is 11.8. The summed E-state index contributed by atoms with van der Waals surface area (Å²) in [5.74, 6) is 1.79. The van der Waals surface area contributed by atoms with Gasteiger partial charge in [-0.15, -0.1) is 0 Å². The number of carbonyl (C=O) groups excluding carboxylic acids is 1. The topological polar surface area (TPSA) is 86.5 Å². The van der Waals surface area contributed by atoms with Gasteiger partial charge in [-0.1, -0.05) is 47.6 Å².